The van der Waals surface area contributed by atoms with Crippen LogP contribution in [-0.4, -0.2) is 35.2 Å². The highest BCUT2D eigenvalue weighted by Gasteiger charge is 2.70. The molecule has 3 aliphatic rings. The molecule has 2 saturated heterocycles. The summed E-state index contributed by atoms with van der Waals surface area (Å²) in [4.78, 5) is 41.5. The van der Waals surface area contributed by atoms with Crippen LogP contribution in [0.25, 0.3) is 0 Å². The Morgan fingerprint density at radius 1 is 1.06 bits per heavy atom. The number of anilines is 1. The molecule has 0 unspecified atom stereocenters. The Labute approximate surface area is 179 Å². The second-order valence-corrected chi connectivity index (χ2v) is 8.93. The maximum absolute atomic E-state index is 14.2. The molecule has 0 aliphatic carbocycles. The minimum atomic E-state index is -1.44. The van der Waals surface area contributed by atoms with E-state index in [1.807, 2.05) is 44.2 Å². The summed E-state index contributed by atoms with van der Waals surface area (Å²) in [5.41, 5.74) is 0.469. The van der Waals surface area contributed by atoms with Crippen molar-refractivity contribution in [2.24, 2.45) is 17.8 Å². The minimum Gasteiger partial charge on any atom is -0.324 e. The van der Waals surface area contributed by atoms with Gasteiger partial charge in [-0.1, -0.05) is 44.2 Å². The number of rotatable bonds is 4. The quantitative estimate of drug-likeness (QED) is 0.744. The van der Waals surface area contributed by atoms with Crippen molar-refractivity contribution in [3.05, 3.63) is 65.5 Å². The number of nitrogens with zero attached hydrogens (tertiary/aromatic N) is 1. The predicted octanol–water partition coefficient (Wildman–Crippen LogP) is 2.44. The summed E-state index contributed by atoms with van der Waals surface area (Å²) in [6.45, 7) is 4.17. The van der Waals surface area contributed by atoms with Crippen molar-refractivity contribution in [3.8, 4) is 0 Å². The molecule has 2 N–H and O–H groups in total. The highest BCUT2D eigenvalue weighted by atomic mass is 19.1. The number of benzene rings is 2. The standard InChI is InChI=1S/C24H24FN3O3/c1-13(2)20-18-19(22(30)28(21(18)29)11-10-14-6-4-3-5-7-14)24(27-20)16-12-15(25)8-9-17(16)26-23(24)31/h3-9,12-13,18-20,27H,10-11H2,1-2H3,(H,26,31)/t18-,19-,20-,24-/m0/s1. The number of hydrogen-bond donors (Lipinski definition) is 2. The first-order chi connectivity index (χ1) is 14.8. The van der Waals surface area contributed by atoms with Crippen LogP contribution in [0.3, 0.4) is 0 Å². The molecule has 0 saturated carbocycles. The Morgan fingerprint density at radius 3 is 2.52 bits per heavy atom. The van der Waals surface area contributed by atoms with E-state index in [0.29, 0.717) is 17.7 Å². The molecule has 2 aromatic carbocycles. The smallest absolute Gasteiger partial charge is 0.250 e. The third-order valence-electron chi connectivity index (χ3n) is 6.89. The first kappa shape index (κ1) is 19.9. The lowest BCUT2D eigenvalue weighted by molar-refractivity contribution is -0.142. The number of amides is 3. The highest BCUT2D eigenvalue weighted by molar-refractivity contribution is 6.15. The number of halogens is 1. The molecule has 1 spiro atoms. The van der Waals surface area contributed by atoms with Crippen LogP contribution in [-0.2, 0) is 26.3 Å². The van der Waals surface area contributed by atoms with Gasteiger partial charge in [0, 0.05) is 23.8 Å². The molecule has 6 nitrogen and oxygen atoms in total. The third-order valence-corrected chi connectivity index (χ3v) is 6.89. The molecule has 160 valence electrons. The van der Waals surface area contributed by atoms with Crippen molar-refractivity contribution in [1.82, 2.24) is 10.2 Å². The van der Waals surface area contributed by atoms with E-state index in [9.17, 15) is 18.8 Å². The zero-order valence-electron chi connectivity index (χ0n) is 17.4. The van der Waals surface area contributed by atoms with Gasteiger partial charge in [-0.2, -0.15) is 0 Å². The van der Waals surface area contributed by atoms with Crippen LogP contribution in [0.5, 0.6) is 0 Å². The van der Waals surface area contributed by atoms with Crippen LogP contribution in [0.1, 0.15) is 25.0 Å². The van der Waals surface area contributed by atoms with E-state index in [0.717, 1.165) is 5.56 Å². The fourth-order valence-corrected chi connectivity index (χ4v) is 5.44. The summed E-state index contributed by atoms with van der Waals surface area (Å²) in [7, 11) is 0. The molecule has 0 bridgehead atoms. The lowest BCUT2D eigenvalue weighted by atomic mass is 9.76. The fourth-order valence-electron chi connectivity index (χ4n) is 5.44. The van der Waals surface area contributed by atoms with Crippen molar-refractivity contribution in [3.63, 3.8) is 0 Å². The summed E-state index contributed by atoms with van der Waals surface area (Å²) >= 11 is 0. The first-order valence-corrected chi connectivity index (χ1v) is 10.6. The zero-order chi connectivity index (χ0) is 21.9. The molecule has 3 heterocycles. The van der Waals surface area contributed by atoms with Gasteiger partial charge in [-0.3, -0.25) is 24.6 Å². The van der Waals surface area contributed by atoms with Crippen molar-refractivity contribution in [1.29, 1.82) is 0 Å². The van der Waals surface area contributed by atoms with Gasteiger partial charge in [-0.05, 0) is 36.1 Å². The average Bonchev–Trinajstić information content (AvgIpc) is 3.33. The predicted molar refractivity (Wildman–Crippen MR) is 112 cm³/mol. The van der Waals surface area contributed by atoms with Gasteiger partial charge in [0.2, 0.25) is 17.7 Å². The van der Waals surface area contributed by atoms with Gasteiger partial charge in [0.1, 0.15) is 11.4 Å². The maximum Gasteiger partial charge on any atom is 0.250 e. The molecular weight excluding hydrogens is 397 g/mol. The van der Waals surface area contributed by atoms with Crippen molar-refractivity contribution in [2.45, 2.75) is 31.8 Å². The van der Waals surface area contributed by atoms with Crippen molar-refractivity contribution >= 4 is 23.4 Å². The second-order valence-electron chi connectivity index (χ2n) is 8.93. The van der Waals surface area contributed by atoms with E-state index >= 15 is 0 Å². The number of likely N-dealkylation sites (tertiary alicyclic amines) is 1. The molecule has 0 aromatic heterocycles. The van der Waals surface area contributed by atoms with E-state index in [4.69, 9.17) is 0 Å². The van der Waals surface area contributed by atoms with Crippen LogP contribution in [0, 0.1) is 23.6 Å². The number of fused-ring (bicyclic) bond motifs is 4. The summed E-state index contributed by atoms with van der Waals surface area (Å²) in [6.07, 6.45) is 0.544. The molecule has 4 atom stereocenters. The van der Waals surface area contributed by atoms with Gasteiger partial charge in [0.25, 0.3) is 0 Å². The Morgan fingerprint density at radius 2 is 1.81 bits per heavy atom. The normalized spacial score (nSPS) is 29.1. The van der Waals surface area contributed by atoms with Crippen LogP contribution in [0.4, 0.5) is 10.1 Å². The number of nitrogens with one attached hydrogen (secondary N) is 2. The molecule has 2 fully saturated rings. The lowest BCUT2D eigenvalue weighted by Gasteiger charge is -2.30. The fraction of sp³-hybridized carbons (Fsp3) is 0.375. The van der Waals surface area contributed by atoms with E-state index < -0.39 is 29.1 Å². The number of carbonyl (C=O) groups is 3. The Bertz CT molecular complexity index is 1090. The van der Waals surface area contributed by atoms with E-state index in [-0.39, 0.29) is 30.3 Å². The van der Waals surface area contributed by atoms with Gasteiger partial charge in [-0.15, -0.1) is 0 Å². The zero-order valence-corrected chi connectivity index (χ0v) is 17.4. The molecule has 7 heteroatoms. The van der Waals surface area contributed by atoms with Gasteiger partial charge >= 0.3 is 0 Å². The van der Waals surface area contributed by atoms with E-state index in [2.05, 4.69) is 10.6 Å². The molecule has 5 rings (SSSR count). The Balaban J connectivity index is 1.55. The molecule has 3 aliphatic heterocycles. The van der Waals surface area contributed by atoms with Crippen LogP contribution in [0.2, 0.25) is 0 Å². The first-order valence-electron chi connectivity index (χ1n) is 10.6. The molecule has 3 amide bonds. The van der Waals surface area contributed by atoms with Gasteiger partial charge in [0.05, 0.1) is 11.8 Å². The molecular formula is C24H24FN3O3. The van der Waals surface area contributed by atoms with Gasteiger partial charge < -0.3 is 5.32 Å². The largest absolute Gasteiger partial charge is 0.324 e. The third kappa shape index (κ3) is 2.76. The monoisotopic (exact) mass is 421 g/mol. The van der Waals surface area contributed by atoms with Gasteiger partial charge in [-0.25, -0.2) is 4.39 Å². The lowest BCUT2D eigenvalue weighted by Crippen LogP contribution is -2.54. The van der Waals surface area contributed by atoms with E-state index in [1.165, 1.54) is 23.1 Å². The van der Waals surface area contributed by atoms with Crippen molar-refractivity contribution in [2.75, 3.05) is 11.9 Å². The summed E-state index contributed by atoms with van der Waals surface area (Å²) in [5.74, 6) is -3.07. The number of hydrogen-bond acceptors (Lipinski definition) is 4. The summed E-state index contributed by atoms with van der Waals surface area (Å²) < 4.78 is 14.2. The number of imide groups is 1. The van der Waals surface area contributed by atoms with Crippen LogP contribution >= 0.6 is 0 Å². The minimum absolute atomic E-state index is 0.00288. The second kappa shape index (κ2) is 6.99. The average molecular weight is 421 g/mol. The van der Waals surface area contributed by atoms with Gasteiger partial charge in [0.15, 0.2) is 0 Å². The van der Waals surface area contributed by atoms with Crippen LogP contribution < -0.4 is 10.6 Å². The maximum atomic E-state index is 14.2. The van der Waals surface area contributed by atoms with Crippen molar-refractivity contribution < 1.29 is 18.8 Å². The molecule has 0 radical (unpaired) electrons. The number of carbonyl (C=O) groups excluding carboxylic acids is 3. The SMILES string of the molecule is CC(C)[C@@H]1N[C@]2(C(=O)Nc3ccc(F)cc32)[C@@H]2C(=O)N(CCc3ccccc3)C(=O)[C@@H]21. The molecule has 31 heavy (non-hydrogen) atoms. The van der Waals surface area contributed by atoms with E-state index in [1.54, 1.807) is 0 Å². The highest BCUT2D eigenvalue weighted by Crippen LogP contribution is 2.53. The topological polar surface area (TPSA) is 78.5 Å². The Hall–Kier alpha value is -3.06. The van der Waals surface area contributed by atoms with Crippen LogP contribution in [0.15, 0.2) is 48.5 Å². The molecule has 2 aromatic rings. The summed E-state index contributed by atoms with van der Waals surface area (Å²) in [5, 5.41) is 6.10. The summed E-state index contributed by atoms with van der Waals surface area (Å²) in [6, 6.07) is 13.4. The Kier molecular flexibility index (Phi) is 4.48.